The second-order valence-corrected chi connectivity index (χ2v) is 6.27. The molecule has 6 heteroatoms. The van der Waals surface area contributed by atoms with Crippen LogP contribution in [0.25, 0.3) is 5.65 Å². The molecule has 0 saturated heterocycles. The summed E-state index contributed by atoms with van der Waals surface area (Å²) < 4.78 is 2.74. The fourth-order valence-corrected chi connectivity index (χ4v) is 3.20. The van der Waals surface area contributed by atoms with E-state index in [2.05, 4.69) is 38.1 Å². The highest BCUT2D eigenvalue weighted by molar-refractivity contribution is 9.10. The van der Waals surface area contributed by atoms with Gasteiger partial charge in [0.2, 0.25) is 0 Å². The predicted octanol–water partition coefficient (Wildman–Crippen LogP) is 4.01. The highest BCUT2D eigenvalue weighted by Crippen LogP contribution is 2.24. The Labute approximate surface area is 142 Å². The lowest BCUT2D eigenvalue weighted by Crippen LogP contribution is -2.16. The van der Waals surface area contributed by atoms with Crippen molar-refractivity contribution in [2.24, 2.45) is 0 Å². The van der Waals surface area contributed by atoms with Gasteiger partial charge in [0.1, 0.15) is 5.69 Å². The summed E-state index contributed by atoms with van der Waals surface area (Å²) in [6, 6.07) is 5.60. The number of nitrogens with zero attached hydrogens (tertiary/aromatic N) is 3. The summed E-state index contributed by atoms with van der Waals surface area (Å²) in [6.07, 6.45) is 6.91. The molecule has 0 aromatic carbocycles. The van der Waals surface area contributed by atoms with Crippen molar-refractivity contribution >= 4 is 33.2 Å². The number of carbonyl (C=O) groups excluding carboxylic acids is 1. The topological polar surface area (TPSA) is 59.3 Å². The zero-order chi connectivity index (χ0) is 16.4. The van der Waals surface area contributed by atoms with Crippen molar-refractivity contribution in [3.8, 4) is 0 Å². The average Bonchev–Trinajstić information content (AvgIpc) is 2.87. The molecule has 0 aliphatic rings. The fraction of sp³-hybridized carbons (Fsp3) is 0.235. The Hall–Kier alpha value is -2.21. The molecule has 0 bridgehead atoms. The van der Waals surface area contributed by atoms with Gasteiger partial charge in [0.25, 0.3) is 5.91 Å². The molecule has 23 heavy (non-hydrogen) atoms. The Morgan fingerprint density at radius 3 is 2.96 bits per heavy atom. The quantitative estimate of drug-likeness (QED) is 0.752. The van der Waals surface area contributed by atoms with Gasteiger partial charge in [0.05, 0.1) is 22.1 Å². The van der Waals surface area contributed by atoms with Crippen molar-refractivity contribution < 1.29 is 4.79 Å². The van der Waals surface area contributed by atoms with Gasteiger partial charge in [-0.05, 0) is 53.0 Å². The Balaban J connectivity index is 2.10. The summed E-state index contributed by atoms with van der Waals surface area (Å²) in [4.78, 5) is 21.5. The summed E-state index contributed by atoms with van der Waals surface area (Å²) >= 11 is 3.54. The Morgan fingerprint density at radius 1 is 1.43 bits per heavy atom. The fourth-order valence-electron chi connectivity index (χ4n) is 2.56. The molecular weight excluding hydrogens is 356 g/mol. The highest BCUT2D eigenvalue weighted by atomic mass is 79.9. The van der Waals surface area contributed by atoms with E-state index in [-0.39, 0.29) is 5.91 Å². The first-order valence-corrected chi connectivity index (χ1v) is 8.28. The molecule has 0 spiro atoms. The highest BCUT2D eigenvalue weighted by Gasteiger charge is 2.20. The normalized spacial score (nSPS) is 10.9. The maximum atomic E-state index is 12.8. The Bertz CT molecular complexity index is 858. The number of aromatic nitrogens is 3. The van der Waals surface area contributed by atoms with Crippen LogP contribution < -0.4 is 5.32 Å². The summed E-state index contributed by atoms with van der Waals surface area (Å²) in [7, 11) is 0. The van der Waals surface area contributed by atoms with E-state index < -0.39 is 0 Å². The van der Waals surface area contributed by atoms with E-state index in [0.29, 0.717) is 11.4 Å². The molecule has 1 N–H and O–H groups in total. The van der Waals surface area contributed by atoms with Gasteiger partial charge in [-0.3, -0.25) is 14.2 Å². The third kappa shape index (κ3) is 3.12. The van der Waals surface area contributed by atoms with Gasteiger partial charge in [0.15, 0.2) is 5.65 Å². The molecule has 118 valence electrons. The molecule has 3 rings (SSSR count). The molecule has 3 aromatic heterocycles. The summed E-state index contributed by atoms with van der Waals surface area (Å²) in [5.74, 6) is -0.175. The number of halogens is 1. The number of imidazole rings is 1. The lowest BCUT2D eigenvalue weighted by molar-refractivity contribution is 0.102. The van der Waals surface area contributed by atoms with Gasteiger partial charge in [-0.2, -0.15) is 0 Å². The molecule has 5 nitrogen and oxygen atoms in total. The van der Waals surface area contributed by atoms with E-state index in [4.69, 9.17) is 0 Å². The van der Waals surface area contributed by atoms with Crippen LogP contribution in [-0.4, -0.2) is 20.3 Å². The van der Waals surface area contributed by atoms with Crippen LogP contribution in [0, 0.1) is 6.92 Å². The second-order valence-electron chi connectivity index (χ2n) is 5.41. The molecule has 0 aliphatic carbocycles. The number of pyridine rings is 2. The van der Waals surface area contributed by atoms with Crippen LogP contribution >= 0.6 is 15.9 Å². The summed E-state index contributed by atoms with van der Waals surface area (Å²) in [5.41, 5.74) is 3.87. The largest absolute Gasteiger partial charge is 0.319 e. The number of nitrogens with one attached hydrogen (secondary N) is 1. The van der Waals surface area contributed by atoms with Crippen LogP contribution in [0.15, 0.2) is 41.3 Å². The van der Waals surface area contributed by atoms with Crippen molar-refractivity contribution in [3.05, 3.63) is 58.2 Å². The minimum Gasteiger partial charge on any atom is -0.319 e. The van der Waals surface area contributed by atoms with Crippen LogP contribution in [0.5, 0.6) is 0 Å². The van der Waals surface area contributed by atoms with E-state index in [1.807, 2.05) is 29.7 Å². The number of anilines is 1. The van der Waals surface area contributed by atoms with E-state index in [1.165, 1.54) is 0 Å². The van der Waals surface area contributed by atoms with Crippen LogP contribution in [0.2, 0.25) is 0 Å². The van der Waals surface area contributed by atoms with Gasteiger partial charge in [-0.1, -0.05) is 13.3 Å². The van der Waals surface area contributed by atoms with Crippen molar-refractivity contribution in [2.45, 2.75) is 26.7 Å². The van der Waals surface area contributed by atoms with Gasteiger partial charge in [0, 0.05) is 12.4 Å². The van der Waals surface area contributed by atoms with Crippen LogP contribution in [-0.2, 0) is 6.42 Å². The SMILES string of the molecule is CCCc1nc2c(Br)cc(C)cn2c1C(=O)Nc1cccnc1. The number of hydrogen-bond donors (Lipinski definition) is 1. The van der Waals surface area contributed by atoms with E-state index in [0.717, 1.165) is 34.2 Å². The third-order valence-electron chi connectivity index (χ3n) is 3.51. The standard InChI is InChI=1S/C17H17BrN4O/c1-3-5-14-15(17(23)20-12-6-4-7-19-9-12)22-10-11(2)8-13(18)16(22)21-14/h4,6-10H,3,5H2,1-2H3,(H,20,23). The van der Waals surface area contributed by atoms with E-state index >= 15 is 0 Å². The number of aryl methyl sites for hydroxylation is 2. The minimum absolute atomic E-state index is 0.175. The van der Waals surface area contributed by atoms with E-state index in [1.54, 1.807) is 18.5 Å². The molecule has 0 radical (unpaired) electrons. The molecule has 0 atom stereocenters. The molecule has 1 amide bonds. The maximum absolute atomic E-state index is 12.8. The maximum Gasteiger partial charge on any atom is 0.274 e. The van der Waals surface area contributed by atoms with Gasteiger partial charge < -0.3 is 5.32 Å². The second kappa shape index (κ2) is 6.50. The Morgan fingerprint density at radius 2 is 2.26 bits per heavy atom. The average molecular weight is 373 g/mol. The summed E-state index contributed by atoms with van der Waals surface area (Å²) in [6.45, 7) is 4.07. The smallest absolute Gasteiger partial charge is 0.274 e. The molecular formula is C17H17BrN4O. The number of carbonyl (C=O) groups is 1. The van der Waals surface area contributed by atoms with Crippen LogP contribution in [0.1, 0.15) is 35.1 Å². The predicted molar refractivity (Wildman–Crippen MR) is 93.8 cm³/mol. The number of hydrogen-bond acceptors (Lipinski definition) is 3. The molecule has 0 fully saturated rings. The monoisotopic (exact) mass is 372 g/mol. The lowest BCUT2D eigenvalue weighted by Gasteiger charge is -2.07. The first-order valence-electron chi connectivity index (χ1n) is 7.48. The first kappa shape index (κ1) is 15.7. The van der Waals surface area contributed by atoms with Crippen LogP contribution in [0.4, 0.5) is 5.69 Å². The minimum atomic E-state index is -0.175. The van der Waals surface area contributed by atoms with Gasteiger partial charge >= 0.3 is 0 Å². The van der Waals surface area contributed by atoms with Gasteiger partial charge in [-0.25, -0.2) is 4.98 Å². The molecule has 0 saturated carbocycles. The lowest BCUT2D eigenvalue weighted by atomic mass is 10.2. The third-order valence-corrected chi connectivity index (χ3v) is 4.09. The molecule has 0 unspecified atom stereocenters. The van der Waals surface area contributed by atoms with Crippen LogP contribution in [0.3, 0.4) is 0 Å². The van der Waals surface area contributed by atoms with Crippen molar-refractivity contribution in [1.82, 2.24) is 14.4 Å². The molecule has 0 aliphatic heterocycles. The first-order chi connectivity index (χ1) is 11.1. The van der Waals surface area contributed by atoms with Crippen molar-refractivity contribution in [1.29, 1.82) is 0 Å². The zero-order valence-electron chi connectivity index (χ0n) is 13.0. The number of amides is 1. The zero-order valence-corrected chi connectivity index (χ0v) is 14.6. The van der Waals surface area contributed by atoms with Crippen molar-refractivity contribution in [3.63, 3.8) is 0 Å². The molecule has 3 aromatic rings. The van der Waals surface area contributed by atoms with E-state index in [9.17, 15) is 4.79 Å². The Kier molecular flexibility index (Phi) is 4.43. The van der Waals surface area contributed by atoms with Gasteiger partial charge in [-0.15, -0.1) is 0 Å². The van der Waals surface area contributed by atoms with Crippen molar-refractivity contribution in [2.75, 3.05) is 5.32 Å². The number of rotatable bonds is 4. The summed E-state index contributed by atoms with van der Waals surface area (Å²) in [5, 5.41) is 2.90. The molecule has 3 heterocycles. The number of fused-ring (bicyclic) bond motifs is 1.